The zero-order chi connectivity index (χ0) is 16.6. The van der Waals surface area contributed by atoms with Gasteiger partial charge in [-0.05, 0) is 78.2 Å². The molecule has 21 heavy (non-hydrogen) atoms. The lowest BCUT2D eigenvalue weighted by Crippen LogP contribution is -2.41. The van der Waals surface area contributed by atoms with Gasteiger partial charge in [0.1, 0.15) is 0 Å². The van der Waals surface area contributed by atoms with Crippen LogP contribution in [0, 0.1) is 0 Å². The van der Waals surface area contributed by atoms with Crippen LogP contribution in [0.4, 0.5) is 0 Å². The number of hydrogen-bond donors (Lipinski definition) is 1. The second-order valence-electron chi connectivity index (χ2n) is 5.96. The minimum absolute atomic E-state index is 0.0822. The number of likely N-dealkylation sites (N-methyl/N-ethyl adjacent to an activating group) is 1. The SMILES string of the molecule is C=C(C)/C(C)=C(CCC(C)(NC)C(=C)/C=C\C)/C(C)=C\C. The van der Waals surface area contributed by atoms with Gasteiger partial charge in [-0.2, -0.15) is 0 Å². The number of rotatable bonds is 8. The molecule has 0 aromatic heterocycles. The van der Waals surface area contributed by atoms with Crippen LogP contribution in [-0.4, -0.2) is 12.6 Å². The van der Waals surface area contributed by atoms with E-state index in [1.807, 2.05) is 20.0 Å². The van der Waals surface area contributed by atoms with Crippen LogP contribution in [0.25, 0.3) is 0 Å². The Morgan fingerprint density at radius 2 is 1.71 bits per heavy atom. The lowest BCUT2D eigenvalue weighted by molar-refractivity contribution is 0.427. The fourth-order valence-electron chi connectivity index (χ4n) is 2.32. The molecule has 0 aromatic carbocycles. The van der Waals surface area contributed by atoms with E-state index in [0.717, 1.165) is 24.0 Å². The van der Waals surface area contributed by atoms with E-state index in [-0.39, 0.29) is 5.54 Å². The third kappa shape index (κ3) is 5.51. The molecule has 0 radical (unpaired) electrons. The molecule has 0 aliphatic rings. The molecule has 0 saturated heterocycles. The molecule has 1 unspecified atom stereocenters. The fraction of sp³-hybridized carbons (Fsp3) is 0.500. The van der Waals surface area contributed by atoms with Gasteiger partial charge in [-0.3, -0.25) is 0 Å². The maximum absolute atomic E-state index is 4.21. The highest BCUT2D eigenvalue weighted by molar-refractivity contribution is 5.41. The van der Waals surface area contributed by atoms with Crippen molar-refractivity contribution in [3.63, 3.8) is 0 Å². The summed E-state index contributed by atoms with van der Waals surface area (Å²) in [5, 5.41) is 3.43. The monoisotopic (exact) mass is 287 g/mol. The van der Waals surface area contributed by atoms with Crippen LogP contribution in [0.5, 0.6) is 0 Å². The van der Waals surface area contributed by atoms with Crippen molar-refractivity contribution in [2.24, 2.45) is 0 Å². The van der Waals surface area contributed by atoms with Crippen LogP contribution < -0.4 is 5.32 Å². The molecule has 0 amide bonds. The Hall–Kier alpha value is -1.34. The molecule has 0 heterocycles. The first-order valence-electron chi connectivity index (χ1n) is 7.73. The van der Waals surface area contributed by atoms with Gasteiger partial charge in [0.15, 0.2) is 0 Å². The van der Waals surface area contributed by atoms with Gasteiger partial charge in [-0.1, -0.05) is 42.5 Å². The molecule has 0 aliphatic heterocycles. The average molecular weight is 287 g/mol. The number of hydrogen-bond acceptors (Lipinski definition) is 1. The molecular weight excluding hydrogens is 254 g/mol. The first kappa shape index (κ1) is 19.7. The fourth-order valence-corrected chi connectivity index (χ4v) is 2.32. The Balaban J connectivity index is 5.36. The molecule has 1 atom stereocenters. The third-order valence-corrected chi connectivity index (χ3v) is 4.51. The number of nitrogens with one attached hydrogen (secondary N) is 1. The molecule has 0 spiro atoms. The highest BCUT2D eigenvalue weighted by atomic mass is 14.9. The molecule has 118 valence electrons. The minimum atomic E-state index is -0.0822. The summed E-state index contributed by atoms with van der Waals surface area (Å²) in [6, 6.07) is 0. The Labute approximate surface area is 132 Å². The van der Waals surface area contributed by atoms with E-state index in [1.165, 1.54) is 16.7 Å². The van der Waals surface area contributed by atoms with Crippen LogP contribution in [0.1, 0.15) is 54.4 Å². The molecule has 1 N–H and O–H groups in total. The van der Waals surface area contributed by atoms with Crippen molar-refractivity contribution in [2.75, 3.05) is 7.05 Å². The van der Waals surface area contributed by atoms with Crippen molar-refractivity contribution >= 4 is 0 Å². The molecule has 1 heteroatoms. The van der Waals surface area contributed by atoms with E-state index in [4.69, 9.17) is 0 Å². The normalized spacial score (nSPS) is 16.6. The van der Waals surface area contributed by atoms with Crippen molar-refractivity contribution in [3.05, 3.63) is 59.3 Å². The Morgan fingerprint density at radius 3 is 2.10 bits per heavy atom. The molecule has 1 nitrogen and oxygen atoms in total. The summed E-state index contributed by atoms with van der Waals surface area (Å²) < 4.78 is 0. The quantitative estimate of drug-likeness (QED) is 0.562. The van der Waals surface area contributed by atoms with Gasteiger partial charge in [0, 0.05) is 5.54 Å². The first-order valence-corrected chi connectivity index (χ1v) is 7.73. The van der Waals surface area contributed by atoms with Crippen molar-refractivity contribution < 1.29 is 0 Å². The van der Waals surface area contributed by atoms with Gasteiger partial charge >= 0.3 is 0 Å². The Morgan fingerprint density at radius 1 is 1.14 bits per heavy atom. The van der Waals surface area contributed by atoms with Crippen molar-refractivity contribution in [1.29, 1.82) is 0 Å². The predicted molar refractivity (Wildman–Crippen MR) is 97.6 cm³/mol. The molecule has 0 aromatic rings. The first-order chi connectivity index (χ1) is 9.73. The summed E-state index contributed by atoms with van der Waals surface area (Å²) in [4.78, 5) is 0. The van der Waals surface area contributed by atoms with Gasteiger partial charge in [0.25, 0.3) is 0 Å². The number of allylic oxidation sites excluding steroid dienone is 6. The van der Waals surface area contributed by atoms with E-state index in [0.29, 0.717) is 0 Å². The van der Waals surface area contributed by atoms with Crippen LogP contribution >= 0.6 is 0 Å². The maximum atomic E-state index is 4.21. The van der Waals surface area contributed by atoms with Gasteiger partial charge < -0.3 is 5.32 Å². The van der Waals surface area contributed by atoms with E-state index in [1.54, 1.807) is 0 Å². The summed E-state index contributed by atoms with van der Waals surface area (Å²) in [5.41, 5.74) is 6.23. The molecule has 0 saturated carbocycles. The van der Waals surface area contributed by atoms with Crippen molar-refractivity contribution in [2.45, 2.75) is 59.9 Å². The zero-order valence-electron chi connectivity index (χ0n) is 15.1. The summed E-state index contributed by atoms with van der Waals surface area (Å²) in [5.74, 6) is 0. The maximum Gasteiger partial charge on any atom is 0.0400 e. The zero-order valence-corrected chi connectivity index (χ0v) is 15.1. The minimum Gasteiger partial charge on any atom is -0.311 e. The largest absolute Gasteiger partial charge is 0.311 e. The summed E-state index contributed by atoms with van der Waals surface area (Å²) in [6.45, 7) is 21.1. The lowest BCUT2D eigenvalue weighted by Gasteiger charge is -2.31. The van der Waals surface area contributed by atoms with Gasteiger partial charge in [0.2, 0.25) is 0 Å². The second kappa shape index (κ2) is 8.84. The summed E-state index contributed by atoms with van der Waals surface area (Å²) >= 11 is 0. The van der Waals surface area contributed by atoms with Crippen LogP contribution in [0.3, 0.4) is 0 Å². The predicted octanol–water partition coefficient (Wildman–Crippen LogP) is 5.74. The van der Waals surface area contributed by atoms with Crippen LogP contribution in [-0.2, 0) is 0 Å². The molecule has 0 bridgehead atoms. The molecule has 0 aliphatic carbocycles. The topological polar surface area (TPSA) is 12.0 Å². The van der Waals surface area contributed by atoms with Gasteiger partial charge in [0.05, 0.1) is 0 Å². The van der Waals surface area contributed by atoms with E-state index >= 15 is 0 Å². The summed E-state index contributed by atoms with van der Waals surface area (Å²) in [7, 11) is 2.01. The van der Waals surface area contributed by atoms with E-state index in [2.05, 4.69) is 65.2 Å². The van der Waals surface area contributed by atoms with Crippen molar-refractivity contribution in [3.8, 4) is 0 Å². The standard InChI is InChI=1S/C20H33N/c1-10-12-17(6)20(8,21-9)14-13-19(16(5)11-2)18(7)15(3)4/h10-12,21H,3,6,13-14H2,1-2,4-5,7-9H3/b12-10-,16-11-,19-18+. The Kier molecular flexibility index (Phi) is 8.27. The molecular formula is C20H33N. The summed E-state index contributed by atoms with van der Waals surface area (Å²) in [6.07, 6.45) is 8.35. The van der Waals surface area contributed by atoms with Crippen LogP contribution in [0.2, 0.25) is 0 Å². The smallest absolute Gasteiger partial charge is 0.0400 e. The second-order valence-corrected chi connectivity index (χ2v) is 5.96. The molecule has 0 fully saturated rings. The van der Waals surface area contributed by atoms with E-state index < -0.39 is 0 Å². The van der Waals surface area contributed by atoms with E-state index in [9.17, 15) is 0 Å². The highest BCUT2D eigenvalue weighted by Gasteiger charge is 2.24. The highest BCUT2D eigenvalue weighted by Crippen LogP contribution is 2.29. The lowest BCUT2D eigenvalue weighted by atomic mass is 9.83. The molecule has 0 rings (SSSR count). The van der Waals surface area contributed by atoms with Crippen molar-refractivity contribution in [1.82, 2.24) is 5.32 Å². The Bertz CT molecular complexity index is 474. The van der Waals surface area contributed by atoms with Gasteiger partial charge in [-0.15, -0.1) is 0 Å². The van der Waals surface area contributed by atoms with Crippen LogP contribution in [0.15, 0.2) is 59.3 Å². The third-order valence-electron chi connectivity index (χ3n) is 4.51. The average Bonchev–Trinajstić information content (AvgIpc) is 2.46. The van der Waals surface area contributed by atoms with Gasteiger partial charge in [-0.25, -0.2) is 0 Å².